The molecule has 9 heteroatoms. The molecule has 1 saturated carbocycles. The fraction of sp³-hybridized carbons (Fsp3) is 0.346. The predicted octanol–water partition coefficient (Wildman–Crippen LogP) is 4.87. The van der Waals surface area contributed by atoms with E-state index in [4.69, 9.17) is 9.40 Å². The van der Waals surface area contributed by atoms with Crippen LogP contribution in [-0.2, 0) is 12.0 Å². The van der Waals surface area contributed by atoms with Crippen molar-refractivity contribution in [1.29, 1.82) is 0 Å². The van der Waals surface area contributed by atoms with Crippen LogP contribution in [0.5, 0.6) is 0 Å². The van der Waals surface area contributed by atoms with Crippen LogP contribution in [0.4, 0.5) is 8.78 Å². The third-order valence-corrected chi connectivity index (χ3v) is 7.93. The Kier molecular flexibility index (Phi) is 4.67. The lowest BCUT2D eigenvalue weighted by atomic mass is 9.66. The molecule has 3 aromatic heterocycles. The van der Waals surface area contributed by atoms with Crippen molar-refractivity contribution >= 4 is 0 Å². The Labute approximate surface area is 200 Å². The molecule has 7 nitrogen and oxygen atoms in total. The van der Waals surface area contributed by atoms with E-state index in [0.29, 0.717) is 23.0 Å². The van der Waals surface area contributed by atoms with E-state index in [9.17, 15) is 13.9 Å². The summed E-state index contributed by atoms with van der Waals surface area (Å²) in [5, 5.41) is 18.3. The second-order valence-corrected chi connectivity index (χ2v) is 9.82. The predicted molar refractivity (Wildman–Crippen MR) is 122 cm³/mol. The average molecular weight is 475 g/mol. The molecule has 178 valence electrons. The van der Waals surface area contributed by atoms with Gasteiger partial charge < -0.3 is 9.52 Å². The molecule has 0 spiro atoms. The molecule has 3 heterocycles. The van der Waals surface area contributed by atoms with E-state index in [2.05, 4.69) is 34.0 Å². The monoisotopic (exact) mass is 475 g/mol. The number of hydrogen-bond acceptors (Lipinski definition) is 7. The van der Waals surface area contributed by atoms with E-state index in [1.807, 2.05) is 0 Å². The molecule has 0 aliphatic heterocycles. The first-order chi connectivity index (χ1) is 16.8. The number of aromatic nitrogens is 5. The van der Waals surface area contributed by atoms with Crippen molar-refractivity contribution in [3.8, 4) is 22.8 Å². The number of rotatable bonds is 4. The Hall–Kier alpha value is -3.59. The normalized spacial score (nSPS) is 21.9. The standard InChI is InChI=1S/C26H23F2N5O2/c1-13-20(12-34)31-24(35-13)19-10-29-11-21(30-19)26-8-7-15(25(26,2)3)14-9-18(32-33-23(14)26)22-16(27)5-4-6-17(22)28/h4-6,9-11,15,34H,7-8,12H2,1-3H3/t15-,26-/m0/s1. The molecule has 2 aliphatic rings. The zero-order valence-electron chi connectivity index (χ0n) is 19.5. The fourth-order valence-electron chi connectivity index (χ4n) is 6.12. The van der Waals surface area contributed by atoms with Crippen LogP contribution in [0.3, 0.4) is 0 Å². The van der Waals surface area contributed by atoms with Gasteiger partial charge in [0, 0.05) is 6.20 Å². The molecule has 0 saturated heterocycles. The molecule has 1 fully saturated rings. The van der Waals surface area contributed by atoms with Crippen molar-refractivity contribution in [2.75, 3.05) is 0 Å². The highest BCUT2D eigenvalue weighted by Gasteiger charge is 2.65. The van der Waals surface area contributed by atoms with Crippen LogP contribution in [-0.4, -0.2) is 30.3 Å². The molecule has 0 amide bonds. The summed E-state index contributed by atoms with van der Waals surface area (Å²) in [5.41, 5.74) is 2.51. The first-order valence-corrected chi connectivity index (χ1v) is 11.5. The lowest BCUT2D eigenvalue weighted by molar-refractivity contribution is 0.242. The summed E-state index contributed by atoms with van der Waals surface area (Å²) < 4.78 is 34.7. The van der Waals surface area contributed by atoms with E-state index in [0.717, 1.165) is 29.8 Å². The van der Waals surface area contributed by atoms with Gasteiger partial charge in [-0.2, -0.15) is 5.10 Å². The highest BCUT2D eigenvalue weighted by Crippen LogP contribution is 2.69. The molecule has 0 unspecified atom stereocenters. The minimum Gasteiger partial charge on any atom is -0.440 e. The minimum absolute atomic E-state index is 0.122. The largest absolute Gasteiger partial charge is 0.440 e. The van der Waals surface area contributed by atoms with Crippen LogP contribution in [0.15, 0.2) is 41.1 Å². The molecular weight excluding hydrogens is 452 g/mol. The highest BCUT2D eigenvalue weighted by atomic mass is 19.1. The molecule has 6 rings (SSSR count). The van der Waals surface area contributed by atoms with E-state index >= 15 is 0 Å². The van der Waals surface area contributed by atoms with E-state index in [1.165, 1.54) is 18.2 Å². The Bertz CT molecular complexity index is 1460. The summed E-state index contributed by atoms with van der Waals surface area (Å²) in [4.78, 5) is 13.7. The van der Waals surface area contributed by atoms with Gasteiger partial charge in [-0.25, -0.2) is 18.7 Å². The molecule has 4 aromatic rings. The van der Waals surface area contributed by atoms with Crippen molar-refractivity contribution in [2.24, 2.45) is 5.41 Å². The van der Waals surface area contributed by atoms with Gasteiger partial charge >= 0.3 is 0 Å². The quantitative estimate of drug-likeness (QED) is 0.450. The summed E-state index contributed by atoms with van der Waals surface area (Å²) in [7, 11) is 0. The van der Waals surface area contributed by atoms with E-state index < -0.39 is 17.0 Å². The molecule has 2 aliphatic carbocycles. The zero-order chi connectivity index (χ0) is 24.5. The molecular formula is C26H23F2N5O2. The van der Waals surface area contributed by atoms with Crippen LogP contribution >= 0.6 is 0 Å². The summed E-state index contributed by atoms with van der Waals surface area (Å²) in [6.07, 6.45) is 4.99. The Morgan fingerprint density at radius 1 is 1.09 bits per heavy atom. The maximum Gasteiger partial charge on any atom is 0.247 e. The SMILES string of the molecule is Cc1oc(-c2cncc([C@@]34CC[C@@H](c5cc(-c6c(F)cccc6F)nnc53)C4(C)C)n2)nc1CO. The summed E-state index contributed by atoms with van der Waals surface area (Å²) in [6, 6.07) is 5.55. The van der Waals surface area contributed by atoms with E-state index in [1.54, 1.807) is 25.4 Å². The summed E-state index contributed by atoms with van der Waals surface area (Å²) in [5.74, 6) is -0.396. The number of aliphatic hydroxyl groups is 1. The van der Waals surface area contributed by atoms with Crippen LogP contribution in [0.2, 0.25) is 0 Å². The lowest BCUT2D eigenvalue weighted by Crippen LogP contribution is -2.38. The molecule has 1 aromatic carbocycles. The fourth-order valence-corrected chi connectivity index (χ4v) is 6.12. The molecule has 1 N–H and O–H groups in total. The Morgan fingerprint density at radius 2 is 1.86 bits per heavy atom. The summed E-state index contributed by atoms with van der Waals surface area (Å²) in [6.45, 7) is 5.85. The topological polar surface area (TPSA) is 97.8 Å². The van der Waals surface area contributed by atoms with Crippen LogP contribution in [0, 0.1) is 24.0 Å². The number of oxazole rings is 1. The number of hydrogen-bond donors (Lipinski definition) is 1. The van der Waals surface area contributed by atoms with Gasteiger partial charge in [0.05, 0.1) is 40.9 Å². The number of fused-ring (bicyclic) bond motifs is 5. The minimum atomic E-state index is -0.668. The van der Waals surface area contributed by atoms with Gasteiger partial charge in [0.2, 0.25) is 5.89 Å². The van der Waals surface area contributed by atoms with Gasteiger partial charge in [-0.15, -0.1) is 5.10 Å². The second kappa shape index (κ2) is 7.45. The van der Waals surface area contributed by atoms with Crippen molar-refractivity contribution < 1.29 is 18.3 Å². The van der Waals surface area contributed by atoms with Gasteiger partial charge in [0.25, 0.3) is 0 Å². The van der Waals surface area contributed by atoms with Crippen LogP contribution < -0.4 is 0 Å². The first-order valence-electron chi connectivity index (χ1n) is 11.5. The average Bonchev–Trinajstić information content (AvgIpc) is 3.42. The van der Waals surface area contributed by atoms with Crippen LogP contribution in [0.25, 0.3) is 22.8 Å². The Morgan fingerprint density at radius 3 is 2.57 bits per heavy atom. The molecule has 35 heavy (non-hydrogen) atoms. The number of aliphatic hydroxyl groups excluding tert-OH is 1. The third kappa shape index (κ3) is 2.87. The van der Waals surface area contributed by atoms with Gasteiger partial charge in [0.15, 0.2) is 0 Å². The maximum atomic E-state index is 14.5. The van der Waals surface area contributed by atoms with Crippen LogP contribution in [0.1, 0.15) is 61.0 Å². The van der Waals surface area contributed by atoms with Crippen molar-refractivity contribution in [3.05, 3.63) is 76.7 Å². The van der Waals surface area contributed by atoms with Crippen molar-refractivity contribution in [2.45, 2.75) is 51.6 Å². The third-order valence-electron chi connectivity index (χ3n) is 7.93. The van der Waals surface area contributed by atoms with Gasteiger partial charge in [0.1, 0.15) is 28.8 Å². The van der Waals surface area contributed by atoms with Crippen molar-refractivity contribution in [1.82, 2.24) is 25.1 Å². The number of nitrogens with zero attached hydrogens (tertiary/aromatic N) is 5. The van der Waals surface area contributed by atoms with Gasteiger partial charge in [-0.1, -0.05) is 19.9 Å². The molecule has 2 bridgehead atoms. The number of benzene rings is 1. The molecule has 2 atom stereocenters. The van der Waals surface area contributed by atoms with E-state index in [-0.39, 0.29) is 29.2 Å². The van der Waals surface area contributed by atoms with Gasteiger partial charge in [-0.05, 0) is 54.9 Å². The first kappa shape index (κ1) is 21.9. The number of halogens is 2. The molecule has 0 radical (unpaired) electrons. The smallest absolute Gasteiger partial charge is 0.247 e. The Balaban J connectivity index is 1.50. The number of aryl methyl sites for hydroxylation is 1. The zero-order valence-corrected chi connectivity index (χ0v) is 19.5. The van der Waals surface area contributed by atoms with Crippen molar-refractivity contribution in [3.63, 3.8) is 0 Å². The lowest BCUT2D eigenvalue weighted by Gasteiger charge is -2.37. The summed E-state index contributed by atoms with van der Waals surface area (Å²) >= 11 is 0. The second-order valence-electron chi connectivity index (χ2n) is 9.82. The maximum absolute atomic E-state index is 14.5. The highest BCUT2D eigenvalue weighted by molar-refractivity contribution is 5.64. The van der Waals surface area contributed by atoms with Gasteiger partial charge in [-0.3, -0.25) is 4.98 Å².